The summed E-state index contributed by atoms with van der Waals surface area (Å²) in [6.45, 7) is 0. The fraction of sp³-hybridized carbons (Fsp3) is 0.111. The number of aliphatic hydroxyl groups is 1. The summed E-state index contributed by atoms with van der Waals surface area (Å²) < 4.78 is 41.9. The first-order valence-electron chi connectivity index (χ1n) is 7.79. The summed E-state index contributed by atoms with van der Waals surface area (Å²) in [5.41, 5.74) is 0.808. The van der Waals surface area contributed by atoms with E-state index in [0.29, 0.717) is 23.8 Å². The monoisotopic (exact) mass is 359 g/mol. The van der Waals surface area contributed by atoms with Gasteiger partial charge in [-0.2, -0.15) is 0 Å². The summed E-state index contributed by atoms with van der Waals surface area (Å²) in [6, 6.07) is 5.21. The van der Waals surface area contributed by atoms with Crippen molar-refractivity contribution >= 4 is 22.8 Å². The Hall–Kier alpha value is -3.29. The fourth-order valence-corrected chi connectivity index (χ4v) is 3.02. The van der Waals surface area contributed by atoms with Gasteiger partial charge in [0.05, 0.1) is 11.4 Å². The lowest BCUT2D eigenvalue weighted by atomic mass is 9.97. The number of fused-ring (bicyclic) bond motifs is 3. The highest BCUT2D eigenvalue weighted by molar-refractivity contribution is 6.26. The van der Waals surface area contributed by atoms with E-state index in [1.54, 1.807) is 4.40 Å². The van der Waals surface area contributed by atoms with Crippen molar-refractivity contribution in [2.45, 2.75) is 12.8 Å². The predicted octanol–water partition coefficient (Wildman–Crippen LogP) is 3.61. The van der Waals surface area contributed by atoms with Crippen LogP contribution in [0.1, 0.15) is 17.8 Å². The number of anilines is 1. The molecule has 0 fully saturated rings. The maximum absolute atomic E-state index is 13.8. The van der Waals surface area contributed by atoms with E-state index in [0.717, 1.165) is 12.1 Å². The number of aryl methyl sites for hydroxylation is 1. The van der Waals surface area contributed by atoms with Crippen LogP contribution in [0.25, 0.3) is 11.2 Å². The number of aliphatic hydroxyl groups excluding tert-OH is 1. The molecule has 132 valence electrons. The molecule has 0 saturated carbocycles. The minimum Gasteiger partial charge on any atom is -0.511 e. The van der Waals surface area contributed by atoms with Gasteiger partial charge in [-0.3, -0.25) is 4.79 Å². The number of hydrogen-bond donors (Lipinski definition) is 2. The van der Waals surface area contributed by atoms with Crippen LogP contribution >= 0.6 is 0 Å². The molecule has 1 amide bonds. The third kappa shape index (κ3) is 2.59. The molecule has 2 N–H and O–H groups in total. The summed E-state index contributed by atoms with van der Waals surface area (Å²) in [7, 11) is 0. The molecule has 2 heterocycles. The Bertz CT molecular complexity index is 1090. The van der Waals surface area contributed by atoms with Crippen LogP contribution in [-0.2, 0) is 11.2 Å². The van der Waals surface area contributed by atoms with Gasteiger partial charge in [0.2, 0.25) is 0 Å². The van der Waals surface area contributed by atoms with Crippen LogP contribution in [0.5, 0.6) is 0 Å². The predicted molar refractivity (Wildman–Crippen MR) is 88.0 cm³/mol. The minimum absolute atomic E-state index is 0.112. The molecule has 26 heavy (non-hydrogen) atoms. The summed E-state index contributed by atoms with van der Waals surface area (Å²) in [6.07, 6.45) is 2.09. The SMILES string of the molecule is O=C(Nc1ccc(F)cc1F)C1=C(O)CCc2c1nc1cc(F)ccn21. The third-order valence-corrected chi connectivity index (χ3v) is 4.22. The molecule has 1 aliphatic carbocycles. The number of pyridine rings is 1. The summed E-state index contributed by atoms with van der Waals surface area (Å²) in [5, 5.41) is 12.5. The van der Waals surface area contributed by atoms with Gasteiger partial charge in [-0.05, 0) is 24.6 Å². The molecule has 3 aromatic rings. The van der Waals surface area contributed by atoms with Gasteiger partial charge in [0, 0.05) is 24.8 Å². The second-order valence-electron chi connectivity index (χ2n) is 5.88. The molecule has 0 radical (unpaired) electrons. The van der Waals surface area contributed by atoms with E-state index in [1.165, 1.54) is 18.3 Å². The van der Waals surface area contributed by atoms with Gasteiger partial charge in [-0.25, -0.2) is 18.2 Å². The molecule has 0 spiro atoms. The zero-order valence-corrected chi connectivity index (χ0v) is 13.3. The lowest BCUT2D eigenvalue weighted by Gasteiger charge is -2.16. The Balaban J connectivity index is 1.76. The molecule has 0 aliphatic heterocycles. The average molecular weight is 359 g/mol. The lowest BCUT2D eigenvalue weighted by Crippen LogP contribution is -2.20. The number of carbonyl (C=O) groups excluding carboxylic acids is 1. The molecule has 8 heteroatoms. The highest BCUT2D eigenvalue weighted by atomic mass is 19.1. The number of halogens is 3. The van der Waals surface area contributed by atoms with E-state index in [4.69, 9.17) is 0 Å². The second kappa shape index (κ2) is 5.91. The van der Waals surface area contributed by atoms with Gasteiger partial charge in [-0.1, -0.05) is 0 Å². The van der Waals surface area contributed by atoms with E-state index < -0.39 is 23.4 Å². The van der Waals surface area contributed by atoms with Crippen LogP contribution in [0.15, 0.2) is 42.3 Å². The van der Waals surface area contributed by atoms with Crippen molar-refractivity contribution in [1.82, 2.24) is 9.38 Å². The largest absolute Gasteiger partial charge is 0.511 e. The first-order valence-corrected chi connectivity index (χ1v) is 7.79. The highest BCUT2D eigenvalue weighted by Crippen LogP contribution is 2.32. The van der Waals surface area contributed by atoms with Gasteiger partial charge >= 0.3 is 0 Å². The number of rotatable bonds is 2. The quantitative estimate of drug-likeness (QED) is 0.735. The zero-order chi connectivity index (χ0) is 18.4. The Labute approximate surface area is 145 Å². The van der Waals surface area contributed by atoms with Crippen molar-refractivity contribution in [3.8, 4) is 0 Å². The van der Waals surface area contributed by atoms with Crippen molar-refractivity contribution in [1.29, 1.82) is 0 Å². The Morgan fingerprint density at radius 3 is 2.65 bits per heavy atom. The van der Waals surface area contributed by atoms with Crippen LogP contribution in [0.4, 0.5) is 18.9 Å². The molecule has 0 bridgehead atoms. The molecule has 4 rings (SSSR count). The van der Waals surface area contributed by atoms with Crippen molar-refractivity contribution in [3.05, 3.63) is 71.1 Å². The fourth-order valence-electron chi connectivity index (χ4n) is 3.02. The van der Waals surface area contributed by atoms with E-state index in [9.17, 15) is 23.1 Å². The van der Waals surface area contributed by atoms with Crippen molar-refractivity contribution < 1.29 is 23.1 Å². The van der Waals surface area contributed by atoms with Gasteiger partial charge < -0.3 is 14.8 Å². The maximum atomic E-state index is 13.8. The number of carbonyl (C=O) groups is 1. The Morgan fingerprint density at radius 1 is 1.12 bits per heavy atom. The van der Waals surface area contributed by atoms with Crippen LogP contribution in [0.2, 0.25) is 0 Å². The van der Waals surface area contributed by atoms with Gasteiger partial charge in [0.1, 0.15) is 40.1 Å². The third-order valence-electron chi connectivity index (χ3n) is 4.22. The number of allylic oxidation sites excluding steroid dienone is 1. The first kappa shape index (κ1) is 16.2. The summed E-state index contributed by atoms with van der Waals surface area (Å²) in [5.74, 6) is -3.16. The minimum atomic E-state index is -0.938. The van der Waals surface area contributed by atoms with E-state index in [2.05, 4.69) is 10.3 Å². The standard InChI is InChI=1S/C18H12F3N3O2/c19-9-1-2-12(11(21)7-9)22-18(26)16-14(25)4-3-13-17(16)23-15-8-10(20)5-6-24(13)15/h1-2,5-8,25H,3-4H2,(H,22,26). The average Bonchev–Trinajstić information content (AvgIpc) is 2.94. The first-order chi connectivity index (χ1) is 12.4. The molecule has 5 nitrogen and oxygen atoms in total. The molecule has 0 saturated heterocycles. The molecule has 2 aromatic heterocycles. The number of nitrogens with zero attached hydrogens (tertiary/aromatic N) is 2. The van der Waals surface area contributed by atoms with E-state index in [1.807, 2.05) is 0 Å². The number of aromatic nitrogens is 2. The normalized spacial score (nSPS) is 13.8. The van der Waals surface area contributed by atoms with Crippen molar-refractivity contribution in [3.63, 3.8) is 0 Å². The lowest BCUT2D eigenvalue weighted by molar-refractivity contribution is -0.111. The molecule has 1 aliphatic rings. The van der Waals surface area contributed by atoms with Gasteiger partial charge in [0.15, 0.2) is 0 Å². The summed E-state index contributed by atoms with van der Waals surface area (Å²) in [4.78, 5) is 16.8. The van der Waals surface area contributed by atoms with Crippen LogP contribution in [-0.4, -0.2) is 20.4 Å². The smallest absolute Gasteiger partial charge is 0.261 e. The Kier molecular flexibility index (Phi) is 3.68. The number of imidazole rings is 1. The molecule has 1 aromatic carbocycles. The van der Waals surface area contributed by atoms with Gasteiger partial charge in [-0.15, -0.1) is 0 Å². The van der Waals surface area contributed by atoms with Crippen LogP contribution in [0, 0.1) is 17.5 Å². The number of amides is 1. The van der Waals surface area contributed by atoms with Gasteiger partial charge in [0.25, 0.3) is 5.91 Å². The second-order valence-corrected chi connectivity index (χ2v) is 5.88. The van der Waals surface area contributed by atoms with E-state index in [-0.39, 0.29) is 29.1 Å². The highest BCUT2D eigenvalue weighted by Gasteiger charge is 2.29. The maximum Gasteiger partial charge on any atom is 0.261 e. The van der Waals surface area contributed by atoms with Crippen molar-refractivity contribution in [2.75, 3.05) is 5.32 Å². The Morgan fingerprint density at radius 2 is 1.88 bits per heavy atom. The number of benzene rings is 1. The molecule has 0 atom stereocenters. The number of hydrogen-bond acceptors (Lipinski definition) is 3. The van der Waals surface area contributed by atoms with Crippen LogP contribution in [0.3, 0.4) is 0 Å². The molecular formula is C18H12F3N3O2. The summed E-state index contributed by atoms with van der Waals surface area (Å²) >= 11 is 0. The molecule has 0 unspecified atom stereocenters. The van der Waals surface area contributed by atoms with Crippen molar-refractivity contribution in [2.24, 2.45) is 0 Å². The zero-order valence-electron chi connectivity index (χ0n) is 13.3. The van der Waals surface area contributed by atoms with E-state index >= 15 is 0 Å². The van der Waals surface area contributed by atoms with Crippen LogP contribution < -0.4 is 5.32 Å². The molecular weight excluding hydrogens is 347 g/mol. The topological polar surface area (TPSA) is 66.6 Å². The number of nitrogens with one attached hydrogen (secondary N) is 1.